The van der Waals surface area contributed by atoms with Crippen molar-refractivity contribution in [2.45, 2.75) is 46.5 Å². The van der Waals surface area contributed by atoms with Crippen LogP contribution in [0.4, 0.5) is 17.1 Å². The first kappa shape index (κ1) is 15.7. The van der Waals surface area contributed by atoms with Crippen molar-refractivity contribution >= 4 is 23.0 Å². The summed E-state index contributed by atoms with van der Waals surface area (Å²) in [5.74, 6) is 0.774. The van der Waals surface area contributed by atoms with Crippen LogP contribution in [0.3, 0.4) is 0 Å². The summed E-state index contributed by atoms with van der Waals surface area (Å²) >= 11 is 0. The van der Waals surface area contributed by atoms with Crippen LogP contribution in [0.25, 0.3) is 0 Å². The van der Waals surface area contributed by atoms with Gasteiger partial charge in [-0.1, -0.05) is 26.7 Å². The first-order chi connectivity index (χ1) is 10.1. The summed E-state index contributed by atoms with van der Waals surface area (Å²) in [7, 11) is 0. The maximum Gasteiger partial charge on any atom is 0.224 e. The Labute approximate surface area is 127 Å². The third kappa shape index (κ3) is 3.49. The molecule has 0 aromatic heterocycles. The number of carbonyl (C=O) groups excluding carboxylic acids is 1. The molecule has 0 unspecified atom stereocenters. The third-order valence-electron chi connectivity index (χ3n) is 4.50. The molecule has 3 N–H and O–H groups in total. The Morgan fingerprint density at radius 1 is 1.24 bits per heavy atom. The van der Waals surface area contributed by atoms with Gasteiger partial charge in [0.25, 0.3) is 0 Å². The number of hydrogen-bond acceptors (Lipinski definition) is 3. The number of amides is 1. The molecule has 4 nitrogen and oxygen atoms in total. The van der Waals surface area contributed by atoms with E-state index in [4.69, 9.17) is 5.73 Å². The number of nitrogens with two attached hydrogens (primary N) is 1. The van der Waals surface area contributed by atoms with Crippen LogP contribution in [0.2, 0.25) is 0 Å². The Kier molecular flexibility index (Phi) is 5.10. The summed E-state index contributed by atoms with van der Waals surface area (Å²) in [5, 5.41) is 2.97. The predicted molar refractivity (Wildman–Crippen MR) is 89.8 cm³/mol. The average Bonchev–Trinajstić information content (AvgIpc) is 2.49. The van der Waals surface area contributed by atoms with Crippen molar-refractivity contribution in [2.24, 2.45) is 5.92 Å². The average molecular weight is 289 g/mol. The number of anilines is 3. The van der Waals surface area contributed by atoms with Crippen LogP contribution in [0.1, 0.15) is 45.6 Å². The molecule has 1 aliphatic heterocycles. The first-order valence-electron chi connectivity index (χ1n) is 8.06. The summed E-state index contributed by atoms with van der Waals surface area (Å²) in [6.45, 7) is 8.56. The van der Waals surface area contributed by atoms with Gasteiger partial charge < -0.3 is 16.0 Å². The fourth-order valence-electron chi connectivity index (χ4n) is 2.97. The number of carbonyl (C=O) groups is 1. The molecule has 0 fully saturated rings. The lowest BCUT2D eigenvalue weighted by Crippen LogP contribution is -2.30. The molecule has 1 aromatic carbocycles. The maximum absolute atomic E-state index is 11.6. The number of nitrogens with zero attached hydrogens (tertiary/aromatic N) is 1. The summed E-state index contributed by atoms with van der Waals surface area (Å²) in [4.78, 5) is 13.9. The minimum absolute atomic E-state index is 0.0984. The largest absolute Gasteiger partial charge is 0.397 e. The molecule has 0 atom stereocenters. The molecule has 1 aliphatic rings. The van der Waals surface area contributed by atoms with E-state index in [-0.39, 0.29) is 5.91 Å². The number of fused-ring (bicyclic) bond motifs is 1. The number of aryl methyl sites for hydroxylation is 1. The predicted octanol–water partition coefficient (Wildman–Crippen LogP) is 3.42. The van der Waals surface area contributed by atoms with Crippen molar-refractivity contribution in [3.8, 4) is 0 Å². The molecule has 0 saturated carbocycles. The smallest absolute Gasteiger partial charge is 0.224 e. The zero-order chi connectivity index (χ0) is 15.4. The Morgan fingerprint density at radius 3 is 2.57 bits per heavy atom. The van der Waals surface area contributed by atoms with E-state index in [1.165, 1.54) is 12.8 Å². The second-order valence-electron chi connectivity index (χ2n) is 5.84. The summed E-state index contributed by atoms with van der Waals surface area (Å²) in [6.07, 6.45) is 3.69. The quantitative estimate of drug-likeness (QED) is 0.789. The molecule has 2 rings (SSSR count). The molecular formula is C17H27N3O. The molecule has 116 valence electrons. The Morgan fingerprint density at radius 2 is 1.95 bits per heavy atom. The zero-order valence-corrected chi connectivity index (χ0v) is 13.4. The minimum atomic E-state index is 0.0984. The number of hydrogen-bond donors (Lipinski definition) is 2. The molecular weight excluding hydrogens is 262 g/mol. The van der Waals surface area contributed by atoms with Crippen molar-refractivity contribution in [2.75, 3.05) is 29.0 Å². The van der Waals surface area contributed by atoms with E-state index in [1.54, 1.807) is 0 Å². The number of benzene rings is 1. The molecule has 0 bridgehead atoms. The summed E-state index contributed by atoms with van der Waals surface area (Å²) in [6, 6.07) is 4.08. The zero-order valence-electron chi connectivity index (χ0n) is 13.4. The van der Waals surface area contributed by atoms with E-state index in [9.17, 15) is 4.79 Å². The second-order valence-corrected chi connectivity index (χ2v) is 5.84. The van der Waals surface area contributed by atoms with Gasteiger partial charge in [0.2, 0.25) is 5.91 Å². The number of nitrogens with one attached hydrogen (secondary N) is 1. The molecule has 0 spiro atoms. The highest BCUT2D eigenvalue weighted by Gasteiger charge is 2.19. The second kappa shape index (κ2) is 6.83. The highest BCUT2D eigenvalue weighted by atomic mass is 16.1. The van der Waals surface area contributed by atoms with Crippen LogP contribution in [0.15, 0.2) is 12.1 Å². The van der Waals surface area contributed by atoms with Crippen molar-refractivity contribution in [3.05, 3.63) is 17.7 Å². The van der Waals surface area contributed by atoms with E-state index in [1.807, 2.05) is 12.1 Å². The Hall–Kier alpha value is -1.71. The van der Waals surface area contributed by atoms with Gasteiger partial charge >= 0.3 is 0 Å². The van der Waals surface area contributed by atoms with Gasteiger partial charge in [-0.05, 0) is 37.0 Å². The lowest BCUT2D eigenvalue weighted by atomic mass is 9.99. The van der Waals surface area contributed by atoms with Crippen molar-refractivity contribution in [1.82, 2.24) is 0 Å². The highest BCUT2D eigenvalue weighted by Crippen LogP contribution is 2.34. The van der Waals surface area contributed by atoms with Gasteiger partial charge in [0.15, 0.2) is 0 Å². The molecule has 4 heteroatoms. The van der Waals surface area contributed by atoms with Crippen LogP contribution in [-0.4, -0.2) is 19.0 Å². The maximum atomic E-state index is 11.6. The number of nitrogen functional groups attached to an aromatic ring is 1. The van der Waals surface area contributed by atoms with Gasteiger partial charge in [0, 0.05) is 25.2 Å². The van der Waals surface area contributed by atoms with Gasteiger partial charge in [-0.2, -0.15) is 0 Å². The van der Waals surface area contributed by atoms with Crippen molar-refractivity contribution < 1.29 is 4.79 Å². The summed E-state index contributed by atoms with van der Waals surface area (Å²) in [5.41, 5.74) is 10.2. The molecule has 1 aromatic rings. The van der Waals surface area contributed by atoms with E-state index in [0.29, 0.717) is 12.3 Å². The van der Waals surface area contributed by atoms with E-state index in [0.717, 1.165) is 42.1 Å². The molecule has 0 radical (unpaired) electrons. The lowest BCUT2D eigenvalue weighted by molar-refractivity contribution is -0.116. The first-order valence-corrected chi connectivity index (χ1v) is 8.06. The van der Waals surface area contributed by atoms with Gasteiger partial charge in [-0.25, -0.2) is 0 Å². The minimum Gasteiger partial charge on any atom is -0.397 e. The Bertz CT molecular complexity index is 509. The Balaban J connectivity index is 2.28. The van der Waals surface area contributed by atoms with Gasteiger partial charge in [0.1, 0.15) is 0 Å². The SMILES string of the molecule is CCC(CC)CN(CC)c1cc2c(cc1N)CCC(=O)N2. The van der Waals surface area contributed by atoms with Crippen molar-refractivity contribution in [3.63, 3.8) is 0 Å². The molecule has 1 heterocycles. The topological polar surface area (TPSA) is 58.4 Å². The number of rotatable bonds is 6. The molecule has 21 heavy (non-hydrogen) atoms. The van der Waals surface area contributed by atoms with Gasteiger partial charge in [0.05, 0.1) is 11.4 Å². The fraction of sp³-hybridized carbons (Fsp3) is 0.588. The lowest BCUT2D eigenvalue weighted by Gasteiger charge is -2.30. The van der Waals surface area contributed by atoms with E-state index in [2.05, 4.69) is 31.0 Å². The van der Waals surface area contributed by atoms with E-state index >= 15 is 0 Å². The van der Waals surface area contributed by atoms with Gasteiger partial charge in [-0.15, -0.1) is 0 Å². The monoisotopic (exact) mass is 289 g/mol. The third-order valence-corrected chi connectivity index (χ3v) is 4.50. The van der Waals surface area contributed by atoms with Crippen molar-refractivity contribution in [1.29, 1.82) is 0 Å². The van der Waals surface area contributed by atoms with E-state index < -0.39 is 0 Å². The van der Waals surface area contributed by atoms with Crippen LogP contribution in [0, 0.1) is 5.92 Å². The summed E-state index contributed by atoms with van der Waals surface area (Å²) < 4.78 is 0. The molecule has 1 amide bonds. The molecule has 0 saturated heterocycles. The fourth-order valence-corrected chi connectivity index (χ4v) is 2.97. The van der Waals surface area contributed by atoms with Crippen LogP contribution < -0.4 is 16.0 Å². The standard InChI is InChI=1S/C17H27N3O/c1-4-12(5-2)11-20(6-3)16-10-15-13(9-14(16)18)7-8-17(21)19-15/h9-10,12H,4-8,11,18H2,1-3H3,(H,19,21). The molecule has 0 aliphatic carbocycles. The van der Waals surface area contributed by atoms with Gasteiger partial charge in [-0.3, -0.25) is 4.79 Å². The van der Waals surface area contributed by atoms with Crippen LogP contribution >= 0.6 is 0 Å². The van der Waals surface area contributed by atoms with Crippen LogP contribution in [-0.2, 0) is 11.2 Å². The van der Waals surface area contributed by atoms with Crippen LogP contribution in [0.5, 0.6) is 0 Å². The normalized spacial score (nSPS) is 14.0. The highest BCUT2D eigenvalue weighted by molar-refractivity contribution is 5.95.